The molecule has 144 valence electrons. The Morgan fingerprint density at radius 2 is 1.96 bits per heavy atom. The van der Waals surface area contributed by atoms with E-state index in [0.717, 1.165) is 18.6 Å². The third kappa shape index (κ3) is 3.62. The third-order valence-corrected chi connectivity index (χ3v) is 4.79. The Morgan fingerprint density at radius 1 is 1.11 bits per heavy atom. The van der Waals surface area contributed by atoms with Crippen LogP contribution in [0.15, 0.2) is 54.9 Å². The van der Waals surface area contributed by atoms with Gasteiger partial charge in [0.25, 0.3) is 5.91 Å². The molecule has 1 atom stereocenters. The number of carbonyl (C=O) groups excluding carboxylic acids is 1. The van der Waals surface area contributed by atoms with Crippen molar-refractivity contribution < 1.29 is 18.0 Å². The fraction of sp³-hybridized carbons (Fsp3) is 0.250. The Bertz CT molecular complexity index is 1010. The smallest absolute Gasteiger partial charge is 0.380 e. The van der Waals surface area contributed by atoms with Crippen LogP contribution in [0.25, 0.3) is 10.9 Å². The zero-order chi connectivity index (χ0) is 19.7. The molecule has 5 nitrogen and oxygen atoms in total. The molecular formula is C20H17F3N4O. The van der Waals surface area contributed by atoms with Crippen molar-refractivity contribution in [2.75, 3.05) is 18.4 Å². The first-order chi connectivity index (χ1) is 13.4. The molecule has 0 aliphatic carbocycles. The highest BCUT2D eigenvalue weighted by atomic mass is 19.4. The third-order valence-electron chi connectivity index (χ3n) is 4.79. The summed E-state index contributed by atoms with van der Waals surface area (Å²) in [5.41, 5.74) is 0.657. The number of nitrogens with one attached hydrogen (secondary N) is 1. The highest BCUT2D eigenvalue weighted by Gasteiger charge is 2.31. The number of likely N-dealkylation sites (tertiary alicyclic amines) is 1. The highest BCUT2D eigenvalue weighted by molar-refractivity contribution is 5.93. The van der Waals surface area contributed by atoms with Crippen molar-refractivity contribution in [3.05, 3.63) is 66.1 Å². The molecule has 1 fully saturated rings. The van der Waals surface area contributed by atoms with Crippen LogP contribution < -0.4 is 5.32 Å². The summed E-state index contributed by atoms with van der Waals surface area (Å²) < 4.78 is 38.7. The SMILES string of the molecule is O=C(c1ccccn1)N1CCC(Nc2ccnc3cc(C(F)(F)F)ccc23)C1. The highest BCUT2D eigenvalue weighted by Crippen LogP contribution is 2.33. The number of anilines is 1. The predicted molar refractivity (Wildman–Crippen MR) is 98.9 cm³/mol. The van der Waals surface area contributed by atoms with Crippen molar-refractivity contribution in [1.82, 2.24) is 14.9 Å². The van der Waals surface area contributed by atoms with Crippen molar-refractivity contribution in [2.24, 2.45) is 0 Å². The van der Waals surface area contributed by atoms with Gasteiger partial charge in [-0.1, -0.05) is 12.1 Å². The van der Waals surface area contributed by atoms with Gasteiger partial charge in [-0.3, -0.25) is 14.8 Å². The average molecular weight is 386 g/mol. The molecule has 0 saturated carbocycles. The first-order valence-corrected chi connectivity index (χ1v) is 8.84. The molecule has 1 saturated heterocycles. The van der Waals surface area contributed by atoms with Crippen LogP contribution in [0, 0.1) is 0 Å². The molecule has 0 spiro atoms. The van der Waals surface area contributed by atoms with Gasteiger partial charge in [-0.15, -0.1) is 0 Å². The monoisotopic (exact) mass is 386 g/mol. The number of carbonyl (C=O) groups is 1. The molecule has 2 aromatic heterocycles. The van der Waals surface area contributed by atoms with E-state index < -0.39 is 11.7 Å². The number of fused-ring (bicyclic) bond motifs is 1. The molecule has 1 unspecified atom stereocenters. The summed E-state index contributed by atoms with van der Waals surface area (Å²) in [6.45, 7) is 1.09. The van der Waals surface area contributed by atoms with Crippen molar-refractivity contribution in [1.29, 1.82) is 0 Å². The molecule has 4 rings (SSSR count). The summed E-state index contributed by atoms with van der Waals surface area (Å²) in [5.74, 6) is -0.126. The van der Waals surface area contributed by atoms with Gasteiger partial charge in [-0.25, -0.2) is 0 Å². The number of alkyl halides is 3. The van der Waals surface area contributed by atoms with Crippen LogP contribution in [0.5, 0.6) is 0 Å². The maximum absolute atomic E-state index is 12.9. The minimum absolute atomic E-state index is 0.000514. The Hall–Kier alpha value is -3.16. The van der Waals surface area contributed by atoms with Crippen LogP contribution in [-0.4, -0.2) is 39.9 Å². The minimum Gasteiger partial charge on any atom is -0.380 e. The van der Waals surface area contributed by atoms with Crippen molar-refractivity contribution in [3.8, 4) is 0 Å². The van der Waals surface area contributed by atoms with Gasteiger partial charge in [0.05, 0.1) is 11.1 Å². The largest absolute Gasteiger partial charge is 0.416 e. The van der Waals surface area contributed by atoms with Gasteiger partial charge in [-0.2, -0.15) is 13.2 Å². The topological polar surface area (TPSA) is 58.1 Å². The normalized spacial score (nSPS) is 17.1. The standard InChI is InChI=1S/C20H17F3N4O/c21-20(22,23)13-4-5-15-16(6-9-25-18(15)11-13)26-14-7-10-27(12-14)19(28)17-3-1-2-8-24-17/h1-6,8-9,11,14H,7,10,12H2,(H,25,26). The van der Waals surface area contributed by atoms with Crippen LogP contribution in [0.1, 0.15) is 22.5 Å². The lowest BCUT2D eigenvalue weighted by Crippen LogP contribution is -2.32. The fourth-order valence-corrected chi connectivity index (χ4v) is 3.38. The number of benzene rings is 1. The molecule has 1 amide bonds. The molecule has 0 bridgehead atoms. The number of hydrogen-bond donors (Lipinski definition) is 1. The molecular weight excluding hydrogens is 369 g/mol. The maximum atomic E-state index is 12.9. The van der Waals surface area contributed by atoms with Gasteiger partial charge in [0.15, 0.2) is 0 Å². The van der Waals surface area contributed by atoms with Crippen LogP contribution in [0.4, 0.5) is 18.9 Å². The van der Waals surface area contributed by atoms with E-state index in [-0.39, 0.29) is 17.5 Å². The van der Waals surface area contributed by atoms with Gasteiger partial charge in [0.1, 0.15) is 5.69 Å². The number of pyridine rings is 2. The summed E-state index contributed by atoms with van der Waals surface area (Å²) in [6, 6.07) is 10.5. The lowest BCUT2D eigenvalue weighted by atomic mass is 10.1. The second kappa shape index (κ2) is 7.10. The molecule has 1 N–H and O–H groups in total. The first-order valence-electron chi connectivity index (χ1n) is 8.84. The van der Waals surface area contributed by atoms with E-state index in [0.29, 0.717) is 29.9 Å². The maximum Gasteiger partial charge on any atom is 0.416 e. The Morgan fingerprint density at radius 3 is 2.71 bits per heavy atom. The van der Waals surface area contributed by atoms with Crippen molar-refractivity contribution in [3.63, 3.8) is 0 Å². The predicted octanol–water partition coefficient (Wildman–Crippen LogP) is 3.98. The van der Waals surface area contributed by atoms with E-state index in [1.165, 1.54) is 12.3 Å². The van der Waals surface area contributed by atoms with Gasteiger partial charge in [0.2, 0.25) is 0 Å². The fourth-order valence-electron chi connectivity index (χ4n) is 3.38. The number of hydrogen-bond acceptors (Lipinski definition) is 4. The number of aromatic nitrogens is 2. The van der Waals surface area contributed by atoms with E-state index in [2.05, 4.69) is 15.3 Å². The van der Waals surface area contributed by atoms with Crippen LogP contribution >= 0.6 is 0 Å². The summed E-state index contributed by atoms with van der Waals surface area (Å²) >= 11 is 0. The summed E-state index contributed by atoms with van der Waals surface area (Å²) in [5, 5.41) is 3.96. The average Bonchev–Trinajstić information content (AvgIpc) is 3.16. The second-order valence-corrected chi connectivity index (χ2v) is 6.68. The summed E-state index contributed by atoms with van der Waals surface area (Å²) in [4.78, 5) is 22.4. The van der Waals surface area contributed by atoms with Gasteiger partial charge >= 0.3 is 6.18 Å². The van der Waals surface area contributed by atoms with E-state index in [9.17, 15) is 18.0 Å². The number of amides is 1. The zero-order valence-corrected chi connectivity index (χ0v) is 14.8. The summed E-state index contributed by atoms with van der Waals surface area (Å²) in [6.07, 6.45) is -0.603. The van der Waals surface area contributed by atoms with Crippen LogP contribution in [0.2, 0.25) is 0 Å². The molecule has 3 aromatic rings. The van der Waals surface area contributed by atoms with E-state index in [1.807, 2.05) is 0 Å². The van der Waals surface area contributed by atoms with Gasteiger partial charge < -0.3 is 10.2 Å². The van der Waals surface area contributed by atoms with Crippen molar-refractivity contribution >= 4 is 22.5 Å². The molecule has 1 aromatic carbocycles. The Kier molecular flexibility index (Phi) is 4.62. The zero-order valence-electron chi connectivity index (χ0n) is 14.8. The van der Waals surface area contributed by atoms with E-state index >= 15 is 0 Å². The van der Waals surface area contributed by atoms with E-state index in [4.69, 9.17) is 0 Å². The summed E-state index contributed by atoms with van der Waals surface area (Å²) in [7, 11) is 0. The quantitative estimate of drug-likeness (QED) is 0.740. The van der Waals surface area contributed by atoms with Crippen molar-refractivity contribution in [2.45, 2.75) is 18.6 Å². The molecule has 3 heterocycles. The van der Waals surface area contributed by atoms with Gasteiger partial charge in [0, 0.05) is 42.6 Å². The minimum atomic E-state index is -4.41. The Balaban J connectivity index is 1.51. The Labute approximate surface area is 159 Å². The van der Waals surface area contributed by atoms with Crippen LogP contribution in [0.3, 0.4) is 0 Å². The molecule has 28 heavy (non-hydrogen) atoms. The molecule has 1 aliphatic heterocycles. The number of halogens is 3. The number of nitrogens with zero attached hydrogens (tertiary/aromatic N) is 3. The lowest BCUT2D eigenvalue weighted by molar-refractivity contribution is -0.137. The molecule has 1 aliphatic rings. The first kappa shape index (κ1) is 18.2. The van der Waals surface area contributed by atoms with Gasteiger partial charge in [-0.05, 0) is 36.8 Å². The second-order valence-electron chi connectivity index (χ2n) is 6.68. The van der Waals surface area contributed by atoms with E-state index in [1.54, 1.807) is 35.4 Å². The number of rotatable bonds is 3. The van der Waals surface area contributed by atoms with Crippen LogP contribution in [-0.2, 0) is 6.18 Å². The lowest BCUT2D eigenvalue weighted by Gasteiger charge is -2.18. The molecule has 8 heteroatoms. The molecule has 0 radical (unpaired) electrons.